The molecule has 0 atom stereocenters. The summed E-state index contributed by atoms with van der Waals surface area (Å²) in [6.07, 6.45) is 10.2. The van der Waals surface area contributed by atoms with Gasteiger partial charge in [-0.1, -0.05) is 42.0 Å². The molecule has 3 N–H and O–H groups in total. The van der Waals surface area contributed by atoms with Crippen molar-refractivity contribution < 1.29 is 15.3 Å². The zero-order valence-electron chi connectivity index (χ0n) is 19.6. The average molecular weight is 441 g/mol. The number of benzene rings is 3. The highest BCUT2D eigenvalue weighted by Crippen LogP contribution is 2.41. The molecule has 3 nitrogen and oxygen atoms in total. The van der Waals surface area contributed by atoms with E-state index < -0.39 is 0 Å². The molecule has 3 heteroatoms. The predicted molar refractivity (Wildman–Crippen MR) is 134 cm³/mol. The molecule has 170 valence electrons. The fraction of sp³-hybridized carbons (Fsp3) is 0.267. The zero-order chi connectivity index (χ0) is 23.6. The maximum Gasteiger partial charge on any atom is 0.115 e. The van der Waals surface area contributed by atoms with Gasteiger partial charge in [-0.25, -0.2) is 0 Å². The highest BCUT2D eigenvalue weighted by molar-refractivity contribution is 5.42. The molecule has 4 rings (SSSR count). The molecule has 0 unspecified atom stereocenters. The van der Waals surface area contributed by atoms with Crippen LogP contribution in [-0.2, 0) is 19.3 Å². The Morgan fingerprint density at radius 1 is 0.667 bits per heavy atom. The quantitative estimate of drug-likeness (QED) is 0.403. The molecule has 1 aliphatic carbocycles. The molecule has 33 heavy (non-hydrogen) atoms. The summed E-state index contributed by atoms with van der Waals surface area (Å²) in [5, 5.41) is 29.6. The van der Waals surface area contributed by atoms with E-state index in [4.69, 9.17) is 0 Å². The van der Waals surface area contributed by atoms with E-state index in [1.165, 1.54) is 22.3 Å². The second kappa shape index (κ2) is 9.19. The Morgan fingerprint density at radius 2 is 1.12 bits per heavy atom. The van der Waals surface area contributed by atoms with Gasteiger partial charge in [0.1, 0.15) is 17.2 Å². The van der Waals surface area contributed by atoms with Crippen molar-refractivity contribution in [3.63, 3.8) is 0 Å². The largest absolute Gasteiger partial charge is 0.508 e. The van der Waals surface area contributed by atoms with Gasteiger partial charge in [-0.15, -0.1) is 0 Å². The number of rotatable bonds is 6. The molecule has 0 aliphatic heterocycles. The summed E-state index contributed by atoms with van der Waals surface area (Å²) < 4.78 is 0. The van der Waals surface area contributed by atoms with E-state index in [2.05, 4.69) is 32.1 Å². The van der Waals surface area contributed by atoms with Crippen molar-refractivity contribution in [1.29, 1.82) is 0 Å². The van der Waals surface area contributed by atoms with Crippen LogP contribution in [0.15, 0.2) is 78.4 Å². The van der Waals surface area contributed by atoms with Gasteiger partial charge in [0.25, 0.3) is 0 Å². The Bertz CT molecular complexity index is 1180. The van der Waals surface area contributed by atoms with Gasteiger partial charge in [-0.3, -0.25) is 0 Å². The van der Waals surface area contributed by atoms with Crippen LogP contribution >= 0.6 is 0 Å². The van der Waals surface area contributed by atoms with Gasteiger partial charge in [0.2, 0.25) is 0 Å². The zero-order valence-corrected chi connectivity index (χ0v) is 19.6. The maximum absolute atomic E-state index is 9.89. The fourth-order valence-electron chi connectivity index (χ4n) is 5.02. The van der Waals surface area contributed by atoms with Crippen LogP contribution in [0.2, 0.25) is 0 Å². The van der Waals surface area contributed by atoms with Crippen LogP contribution in [0.4, 0.5) is 0 Å². The highest BCUT2D eigenvalue weighted by atomic mass is 16.3. The van der Waals surface area contributed by atoms with Gasteiger partial charge in [0.15, 0.2) is 0 Å². The Kier molecular flexibility index (Phi) is 6.33. The van der Waals surface area contributed by atoms with E-state index in [0.29, 0.717) is 17.2 Å². The van der Waals surface area contributed by atoms with Crippen molar-refractivity contribution in [2.45, 2.75) is 46.5 Å². The monoisotopic (exact) mass is 440 g/mol. The van der Waals surface area contributed by atoms with Gasteiger partial charge >= 0.3 is 0 Å². The topological polar surface area (TPSA) is 60.7 Å². The number of aryl methyl sites for hydroxylation is 3. The first-order valence-corrected chi connectivity index (χ1v) is 11.5. The van der Waals surface area contributed by atoms with Crippen molar-refractivity contribution in [1.82, 2.24) is 0 Å². The first-order valence-electron chi connectivity index (χ1n) is 11.5. The molecular weight excluding hydrogens is 408 g/mol. The second-order valence-electron chi connectivity index (χ2n) is 9.59. The van der Waals surface area contributed by atoms with Crippen LogP contribution in [0.25, 0.3) is 0 Å². The lowest BCUT2D eigenvalue weighted by molar-refractivity contribution is 0.363. The molecule has 0 saturated heterocycles. The highest BCUT2D eigenvalue weighted by Gasteiger charge is 2.32. The van der Waals surface area contributed by atoms with Gasteiger partial charge < -0.3 is 15.3 Å². The fourth-order valence-corrected chi connectivity index (χ4v) is 5.02. The van der Waals surface area contributed by atoms with E-state index in [1.54, 1.807) is 18.2 Å². The average Bonchev–Trinajstić information content (AvgIpc) is 2.75. The maximum atomic E-state index is 9.89. The van der Waals surface area contributed by atoms with Crippen LogP contribution in [0.5, 0.6) is 17.2 Å². The molecule has 0 saturated carbocycles. The molecule has 0 heterocycles. The SMILES string of the molecule is Cc1cc(O)ccc1CC1=CC=CC(Cc2ccc(O)cc2C)(Cc2ccc(O)cc2C)C1. The second-order valence-corrected chi connectivity index (χ2v) is 9.59. The third-order valence-corrected chi connectivity index (χ3v) is 6.84. The summed E-state index contributed by atoms with van der Waals surface area (Å²) in [6, 6.07) is 16.9. The molecule has 3 aromatic carbocycles. The van der Waals surface area contributed by atoms with Gasteiger partial charge in [0, 0.05) is 5.41 Å². The minimum absolute atomic E-state index is 0.113. The standard InChI is InChI=1S/C30H32O3/c1-20-13-27(31)9-6-24(20)16-23-5-4-12-30(17-23,18-25-7-10-28(32)14-21(25)2)19-26-8-11-29(33)15-22(26)3/h4-15,31-33H,16-19H2,1-3H3. The van der Waals surface area contributed by atoms with Crippen molar-refractivity contribution >= 4 is 0 Å². The number of hydrogen-bond acceptors (Lipinski definition) is 3. The Labute approximate surface area is 196 Å². The third kappa shape index (κ3) is 5.31. The predicted octanol–water partition coefficient (Wildman–Crippen LogP) is 6.63. The molecule has 3 aromatic rings. The van der Waals surface area contributed by atoms with Crippen molar-refractivity contribution in [2.75, 3.05) is 0 Å². The Balaban J connectivity index is 1.67. The van der Waals surface area contributed by atoms with E-state index in [-0.39, 0.29) is 5.41 Å². The summed E-state index contributed by atoms with van der Waals surface area (Å²) in [6.45, 7) is 6.15. The van der Waals surface area contributed by atoms with E-state index in [1.807, 2.05) is 43.3 Å². The van der Waals surface area contributed by atoms with Crippen molar-refractivity contribution in [3.8, 4) is 17.2 Å². The lowest BCUT2D eigenvalue weighted by Crippen LogP contribution is -2.28. The van der Waals surface area contributed by atoms with Crippen LogP contribution in [0.1, 0.15) is 39.8 Å². The summed E-state index contributed by atoms with van der Waals surface area (Å²) >= 11 is 0. The first kappa shape index (κ1) is 22.7. The first-order chi connectivity index (χ1) is 15.7. The molecule has 0 aromatic heterocycles. The lowest BCUT2D eigenvalue weighted by atomic mass is 9.68. The minimum Gasteiger partial charge on any atom is -0.508 e. The number of phenols is 3. The molecular formula is C30H32O3. The molecule has 1 aliphatic rings. The van der Waals surface area contributed by atoms with Crippen molar-refractivity contribution in [3.05, 3.63) is 112 Å². The van der Waals surface area contributed by atoms with E-state index in [9.17, 15) is 15.3 Å². The van der Waals surface area contributed by atoms with Gasteiger partial charge in [0.05, 0.1) is 0 Å². The molecule has 0 bridgehead atoms. The number of aromatic hydroxyl groups is 3. The summed E-state index contributed by atoms with van der Waals surface area (Å²) in [7, 11) is 0. The van der Waals surface area contributed by atoms with Crippen molar-refractivity contribution in [2.24, 2.45) is 5.41 Å². The number of phenolic OH excluding ortho intramolecular Hbond substituents is 3. The lowest BCUT2D eigenvalue weighted by Gasteiger charge is -2.36. The third-order valence-electron chi connectivity index (χ3n) is 6.84. The molecule has 0 spiro atoms. The summed E-state index contributed by atoms with van der Waals surface area (Å²) in [5.41, 5.74) is 8.22. The Morgan fingerprint density at radius 3 is 1.58 bits per heavy atom. The molecule has 0 fully saturated rings. The minimum atomic E-state index is -0.113. The number of allylic oxidation sites excluding steroid dienone is 4. The Hall–Kier alpha value is -3.46. The molecule has 0 amide bonds. The van der Waals surface area contributed by atoms with Crippen LogP contribution in [0.3, 0.4) is 0 Å². The summed E-state index contributed by atoms with van der Waals surface area (Å²) in [5.74, 6) is 0.887. The van der Waals surface area contributed by atoms with E-state index >= 15 is 0 Å². The normalized spacial score (nSPS) is 14.8. The van der Waals surface area contributed by atoms with E-state index in [0.717, 1.165) is 42.4 Å². The smallest absolute Gasteiger partial charge is 0.115 e. The van der Waals surface area contributed by atoms with Gasteiger partial charge in [-0.05, 0) is 116 Å². The summed E-state index contributed by atoms with van der Waals surface area (Å²) in [4.78, 5) is 0. The van der Waals surface area contributed by atoms with Crippen LogP contribution < -0.4 is 0 Å². The van der Waals surface area contributed by atoms with Crippen LogP contribution in [0, 0.1) is 26.2 Å². The molecule has 0 radical (unpaired) electrons. The van der Waals surface area contributed by atoms with Gasteiger partial charge in [-0.2, -0.15) is 0 Å². The van der Waals surface area contributed by atoms with Crippen LogP contribution in [-0.4, -0.2) is 15.3 Å². The number of hydrogen-bond donors (Lipinski definition) is 3.